The smallest absolute Gasteiger partial charge is 0.274 e. The molecular weight excluding hydrogens is 268 g/mol. The van der Waals surface area contributed by atoms with Gasteiger partial charge in [0, 0.05) is 43.3 Å². The van der Waals surface area contributed by atoms with Crippen LogP contribution >= 0.6 is 0 Å². The fraction of sp³-hybridized carbons (Fsp3) is 0.400. The Kier molecular flexibility index (Phi) is 3.37. The average Bonchev–Trinajstić information content (AvgIpc) is 3.05. The minimum Gasteiger partial charge on any atom is -0.361 e. The third kappa shape index (κ3) is 2.61. The molecule has 0 bridgehead atoms. The molecule has 1 fully saturated rings. The van der Waals surface area contributed by atoms with Gasteiger partial charge in [-0.15, -0.1) is 0 Å². The van der Waals surface area contributed by atoms with Crippen molar-refractivity contribution in [2.75, 3.05) is 6.54 Å². The predicted octanol–water partition coefficient (Wildman–Crippen LogP) is 1.39. The number of pyridine rings is 1. The molecule has 110 valence electrons. The Morgan fingerprint density at radius 1 is 1.43 bits per heavy atom. The summed E-state index contributed by atoms with van der Waals surface area (Å²) in [6.07, 6.45) is 3.55. The van der Waals surface area contributed by atoms with Gasteiger partial charge in [0.15, 0.2) is 5.43 Å². The molecule has 1 aliphatic rings. The summed E-state index contributed by atoms with van der Waals surface area (Å²) in [5, 5.41) is 4.17. The zero-order chi connectivity index (χ0) is 15.0. The van der Waals surface area contributed by atoms with Crippen molar-refractivity contribution < 1.29 is 4.79 Å². The van der Waals surface area contributed by atoms with Crippen LogP contribution in [-0.2, 0) is 7.05 Å². The summed E-state index contributed by atoms with van der Waals surface area (Å²) in [4.78, 5) is 29.3. The van der Waals surface area contributed by atoms with E-state index in [-0.39, 0.29) is 17.4 Å². The van der Waals surface area contributed by atoms with Crippen molar-refractivity contribution in [3.8, 4) is 0 Å². The van der Waals surface area contributed by atoms with Gasteiger partial charge in [-0.2, -0.15) is 5.10 Å². The van der Waals surface area contributed by atoms with E-state index in [1.807, 2.05) is 6.92 Å². The fourth-order valence-electron chi connectivity index (χ4n) is 2.90. The maximum absolute atomic E-state index is 12.6. The highest BCUT2D eigenvalue weighted by molar-refractivity contribution is 5.92. The quantitative estimate of drug-likeness (QED) is 0.907. The standard InChI is InChI=1S/C15H18N4O2/c1-10-8-11(20)9-13(16-10)14-4-3-6-19(14)15(21)12-5-7-18(2)17-12/h5,7-9,14H,3-4,6H2,1-2H3,(H,16,20)/t14-/m0/s1. The number of amides is 1. The lowest BCUT2D eigenvalue weighted by molar-refractivity contribution is 0.0726. The number of likely N-dealkylation sites (tertiary alicyclic amines) is 1. The van der Waals surface area contributed by atoms with Crippen LogP contribution in [0.1, 0.15) is 40.8 Å². The van der Waals surface area contributed by atoms with Crippen molar-refractivity contribution in [3.05, 3.63) is 51.7 Å². The van der Waals surface area contributed by atoms with Gasteiger partial charge in [0.25, 0.3) is 5.91 Å². The van der Waals surface area contributed by atoms with Crippen LogP contribution < -0.4 is 5.43 Å². The van der Waals surface area contributed by atoms with Crippen molar-refractivity contribution in [2.45, 2.75) is 25.8 Å². The number of carbonyl (C=O) groups excluding carboxylic acids is 1. The Morgan fingerprint density at radius 2 is 2.24 bits per heavy atom. The van der Waals surface area contributed by atoms with Gasteiger partial charge in [0.1, 0.15) is 5.69 Å². The normalized spacial score (nSPS) is 18.2. The Bertz CT molecular complexity index is 731. The second-order valence-corrected chi connectivity index (χ2v) is 5.49. The topological polar surface area (TPSA) is 71.0 Å². The lowest BCUT2D eigenvalue weighted by Crippen LogP contribution is -2.32. The zero-order valence-electron chi connectivity index (χ0n) is 12.2. The van der Waals surface area contributed by atoms with E-state index in [9.17, 15) is 9.59 Å². The van der Waals surface area contributed by atoms with Gasteiger partial charge < -0.3 is 9.88 Å². The molecule has 2 aromatic heterocycles. The largest absolute Gasteiger partial charge is 0.361 e. The summed E-state index contributed by atoms with van der Waals surface area (Å²) in [7, 11) is 1.79. The number of aromatic amines is 1. The van der Waals surface area contributed by atoms with Gasteiger partial charge >= 0.3 is 0 Å². The molecule has 3 rings (SSSR count). The third-order valence-corrected chi connectivity index (χ3v) is 3.80. The number of rotatable bonds is 2. The maximum atomic E-state index is 12.6. The predicted molar refractivity (Wildman–Crippen MR) is 78.0 cm³/mol. The van der Waals surface area contributed by atoms with E-state index in [1.165, 1.54) is 0 Å². The van der Waals surface area contributed by atoms with Crippen molar-refractivity contribution in [1.82, 2.24) is 19.7 Å². The molecule has 0 radical (unpaired) electrons. The molecule has 2 aromatic rings. The summed E-state index contributed by atoms with van der Waals surface area (Å²) < 4.78 is 1.62. The summed E-state index contributed by atoms with van der Waals surface area (Å²) in [5.74, 6) is -0.0829. The van der Waals surface area contributed by atoms with Crippen LogP contribution in [0.4, 0.5) is 0 Å². The summed E-state index contributed by atoms with van der Waals surface area (Å²) in [5.41, 5.74) is 2.04. The number of hydrogen-bond acceptors (Lipinski definition) is 3. The molecule has 3 heterocycles. The Hall–Kier alpha value is -2.37. The first-order valence-electron chi connectivity index (χ1n) is 7.06. The van der Waals surface area contributed by atoms with Crippen LogP contribution in [0.15, 0.2) is 29.2 Å². The van der Waals surface area contributed by atoms with Crippen LogP contribution in [0, 0.1) is 6.92 Å². The van der Waals surface area contributed by atoms with Gasteiger partial charge in [0.2, 0.25) is 0 Å². The minimum atomic E-state index is -0.0829. The molecule has 1 aliphatic heterocycles. The summed E-state index contributed by atoms with van der Waals surface area (Å²) in [6.45, 7) is 2.54. The maximum Gasteiger partial charge on any atom is 0.274 e. The first kappa shape index (κ1) is 13.6. The highest BCUT2D eigenvalue weighted by atomic mass is 16.2. The van der Waals surface area contributed by atoms with E-state index in [1.54, 1.807) is 41.0 Å². The van der Waals surface area contributed by atoms with Crippen LogP contribution in [-0.4, -0.2) is 32.1 Å². The molecule has 0 aliphatic carbocycles. The number of H-pyrrole nitrogens is 1. The van der Waals surface area contributed by atoms with Gasteiger partial charge in [-0.05, 0) is 25.8 Å². The van der Waals surface area contributed by atoms with E-state index in [0.29, 0.717) is 12.2 Å². The first-order chi connectivity index (χ1) is 10.0. The molecule has 6 heteroatoms. The Balaban J connectivity index is 1.92. The molecular formula is C15H18N4O2. The van der Waals surface area contributed by atoms with E-state index in [4.69, 9.17) is 0 Å². The fourth-order valence-corrected chi connectivity index (χ4v) is 2.90. The number of hydrogen-bond donors (Lipinski definition) is 1. The second-order valence-electron chi connectivity index (χ2n) is 5.49. The van der Waals surface area contributed by atoms with Crippen LogP contribution in [0.25, 0.3) is 0 Å². The lowest BCUT2D eigenvalue weighted by Gasteiger charge is -2.24. The minimum absolute atomic E-state index is 0.0293. The number of carbonyl (C=O) groups is 1. The summed E-state index contributed by atoms with van der Waals surface area (Å²) >= 11 is 0. The molecule has 1 atom stereocenters. The van der Waals surface area contributed by atoms with E-state index >= 15 is 0 Å². The SMILES string of the molecule is Cc1cc(=O)cc([C@@H]2CCCN2C(=O)c2ccn(C)n2)[nH]1. The monoisotopic (exact) mass is 286 g/mol. The average molecular weight is 286 g/mol. The Morgan fingerprint density at radius 3 is 2.90 bits per heavy atom. The van der Waals surface area contributed by atoms with Gasteiger partial charge in [-0.25, -0.2) is 0 Å². The molecule has 0 unspecified atom stereocenters. The first-order valence-corrected chi connectivity index (χ1v) is 7.06. The molecule has 1 N–H and O–H groups in total. The number of nitrogens with zero attached hydrogens (tertiary/aromatic N) is 3. The second kappa shape index (κ2) is 5.20. The number of nitrogens with one attached hydrogen (secondary N) is 1. The highest BCUT2D eigenvalue weighted by Crippen LogP contribution is 2.31. The number of aromatic nitrogens is 3. The molecule has 1 saturated heterocycles. The van der Waals surface area contributed by atoms with Crippen LogP contribution in [0.3, 0.4) is 0 Å². The van der Waals surface area contributed by atoms with Gasteiger partial charge in [-0.1, -0.05) is 0 Å². The van der Waals surface area contributed by atoms with Crippen LogP contribution in [0.5, 0.6) is 0 Å². The summed E-state index contributed by atoms with van der Waals surface area (Å²) in [6, 6.07) is 4.79. The van der Waals surface area contributed by atoms with Crippen molar-refractivity contribution >= 4 is 5.91 Å². The van der Waals surface area contributed by atoms with Crippen molar-refractivity contribution in [2.24, 2.45) is 7.05 Å². The molecule has 0 aromatic carbocycles. The van der Waals surface area contributed by atoms with Crippen molar-refractivity contribution in [1.29, 1.82) is 0 Å². The molecule has 6 nitrogen and oxygen atoms in total. The van der Waals surface area contributed by atoms with E-state index in [2.05, 4.69) is 10.1 Å². The molecule has 21 heavy (non-hydrogen) atoms. The third-order valence-electron chi connectivity index (χ3n) is 3.80. The van der Waals surface area contributed by atoms with E-state index in [0.717, 1.165) is 24.2 Å². The zero-order valence-corrected chi connectivity index (χ0v) is 12.2. The van der Waals surface area contributed by atoms with Gasteiger partial charge in [-0.3, -0.25) is 14.3 Å². The van der Waals surface area contributed by atoms with Crippen LogP contribution in [0.2, 0.25) is 0 Å². The lowest BCUT2D eigenvalue weighted by atomic mass is 10.1. The molecule has 1 amide bonds. The van der Waals surface area contributed by atoms with Gasteiger partial charge in [0.05, 0.1) is 6.04 Å². The van der Waals surface area contributed by atoms with Crippen molar-refractivity contribution in [3.63, 3.8) is 0 Å². The molecule has 0 spiro atoms. The molecule has 0 saturated carbocycles. The Labute approximate surface area is 122 Å². The number of aryl methyl sites for hydroxylation is 2. The van der Waals surface area contributed by atoms with E-state index < -0.39 is 0 Å². The highest BCUT2D eigenvalue weighted by Gasteiger charge is 2.32.